The molecule has 1 aliphatic rings. The Labute approximate surface area is 163 Å². The number of aromatic nitrogens is 1. The topological polar surface area (TPSA) is 39.6 Å². The predicted octanol–water partition coefficient (Wildman–Crippen LogP) is 3.82. The van der Waals surface area contributed by atoms with Gasteiger partial charge in [-0.25, -0.2) is 9.37 Å². The van der Waals surface area contributed by atoms with Crippen molar-refractivity contribution in [1.29, 1.82) is 0 Å². The molecule has 1 aromatic carbocycles. The van der Waals surface area contributed by atoms with Crippen molar-refractivity contribution < 1.29 is 9.50 Å². The normalized spacial score (nSPS) is 21.1. The van der Waals surface area contributed by atoms with Gasteiger partial charge < -0.3 is 10.0 Å². The molecule has 0 bridgehead atoms. The van der Waals surface area contributed by atoms with Crippen LogP contribution in [0.4, 0.5) is 9.52 Å². The van der Waals surface area contributed by atoms with Crippen LogP contribution in [0, 0.1) is 11.2 Å². The summed E-state index contributed by atoms with van der Waals surface area (Å²) in [6.07, 6.45) is 2.42. The lowest BCUT2D eigenvalue weighted by molar-refractivity contribution is 0.0287. The maximum atomic E-state index is 14.1. The van der Waals surface area contributed by atoms with Gasteiger partial charge in [-0.1, -0.05) is 41.1 Å². The third-order valence-corrected chi connectivity index (χ3v) is 6.62. The van der Waals surface area contributed by atoms with Crippen LogP contribution >= 0.6 is 22.9 Å². The number of benzene rings is 1. The number of rotatable bonds is 6. The van der Waals surface area contributed by atoms with Crippen molar-refractivity contribution in [2.75, 3.05) is 38.7 Å². The number of aliphatic hydroxyl groups is 1. The molecule has 1 aliphatic heterocycles. The minimum absolute atomic E-state index is 0.0528. The fourth-order valence-corrected chi connectivity index (χ4v) is 4.86. The van der Waals surface area contributed by atoms with Gasteiger partial charge in [-0.05, 0) is 37.4 Å². The Morgan fingerprint density at radius 3 is 2.81 bits per heavy atom. The first-order valence-corrected chi connectivity index (χ1v) is 10.0. The lowest BCUT2D eigenvalue weighted by Gasteiger charge is -2.42. The van der Waals surface area contributed by atoms with Gasteiger partial charge in [0.05, 0.1) is 11.5 Å². The van der Waals surface area contributed by atoms with Crippen molar-refractivity contribution in [2.24, 2.45) is 5.41 Å². The lowest BCUT2D eigenvalue weighted by Crippen LogP contribution is -2.46. The number of hydrogen-bond donors (Lipinski definition) is 1. The molecule has 7 heteroatoms. The van der Waals surface area contributed by atoms with Gasteiger partial charge in [-0.15, -0.1) is 0 Å². The fraction of sp³-hybridized carbons (Fsp3) is 0.526. The second-order valence-electron chi connectivity index (χ2n) is 7.35. The van der Waals surface area contributed by atoms with Crippen LogP contribution in [-0.2, 0) is 13.0 Å². The zero-order chi connectivity index (χ0) is 18.7. The molecular weight excluding hydrogens is 373 g/mol. The molecule has 0 radical (unpaired) electrons. The summed E-state index contributed by atoms with van der Waals surface area (Å²) in [5, 5.41) is 11.6. The van der Waals surface area contributed by atoms with E-state index < -0.39 is 0 Å². The summed E-state index contributed by atoms with van der Waals surface area (Å²) in [6.45, 7) is 2.44. The van der Waals surface area contributed by atoms with Gasteiger partial charge in [-0.2, -0.15) is 0 Å². The zero-order valence-electron chi connectivity index (χ0n) is 15.2. The van der Waals surface area contributed by atoms with E-state index in [0.717, 1.165) is 35.9 Å². The number of piperidine rings is 1. The van der Waals surface area contributed by atoms with E-state index in [2.05, 4.69) is 9.88 Å². The maximum Gasteiger partial charge on any atom is 0.186 e. The summed E-state index contributed by atoms with van der Waals surface area (Å²) < 4.78 is 14.1. The van der Waals surface area contributed by atoms with Gasteiger partial charge in [0.15, 0.2) is 5.13 Å². The molecule has 0 aliphatic carbocycles. The molecule has 2 aromatic rings. The molecule has 26 heavy (non-hydrogen) atoms. The van der Waals surface area contributed by atoms with Crippen LogP contribution in [0.1, 0.15) is 23.3 Å². The van der Waals surface area contributed by atoms with Crippen molar-refractivity contribution >= 4 is 28.1 Å². The van der Waals surface area contributed by atoms with Crippen LogP contribution in [-0.4, -0.2) is 48.8 Å². The molecule has 1 saturated heterocycles. The van der Waals surface area contributed by atoms with Crippen LogP contribution in [0.15, 0.2) is 24.3 Å². The molecule has 4 nitrogen and oxygen atoms in total. The number of nitrogens with zero attached hydrogens (tertiary/aromatic N) is 3. The Morgan fingerprint density at radius 2 is 2.15 bits per heavy atom. The summed E-state index contributed by atoms with van der Waals surface area (Å²) in [7, 11) is 3.90. The molecule has 1 unspecified atom stereocenters. The summed E-state index contributed by atoms with van der Waals surface area (Å²) in [6, 6.07) is 6.85. The van der Waals surface area contributed by atoms with Gasteiger partial charge in [0.1, 0.15) is 11.0 Å². The van der Waals surface area contributed by atoms with E-state index in [1.165, 1.54) is 6.07 Å². The highest BCUT2D eigenvalue weighted by molar-refractivity contribution is 7.16. The van der Waals surface area contributed by atoms with Crippen molar-refractivity contribution in [3.63, 3.8) is 0 Å². The van der Waals surface area contributed by atoms with E-state index >= 15 is 0 Å². The van der Waals surface area contributed by atoms with Crippen LogP contribution < -0.4 is 4.90 Å². The maximum absolute atomic E-state index is 14.1. The average molecular weight is 398 g/mol. The van der Waals surface area contributed by atoms with Crippen LogP contribution in [0.5, 0.6) is 0 Å². The van der Waals surface area contributed by atoms with E-state index in [1.54, 1.807) is 17.4 Å². The first-order valence-electron chi connectivity index (χ1n) is 8.82. The van der Waals surface area contributed by atoms with E-state index in [9.17, 15) is 9.50 Å². The number of likely N-dealkylation sites (tertiary alicyclic amines) is 1. The standard InChI is InChI=1S/C19H25ClFN3OS/c1-23(2)18-22-17(20)16(26-18)11-24-9-5-8-19(12-24,13-25)10-14-6-3-4-7-15(14)21/h3-4,6-7,25H,5,8-13H2,1-2H3. The van der Waals surface area contributed by atoms with E-state index in [1.807, 2.05) is 31.1 Å². The molecule has 1 N–H and O–H groups in total. The van der Waals surface area contributed by atoms with Gasteiger partial charge in [0.2, 0.25) is 0 Å². The third-order valence-electron chi connectivity index (χ3n) is 4.99. The minimum Gasteiger partial charge on any atom is -0.396 e. The Hall–Kier alpha value is -1.21. The second kappa shape index (κ2) is 8.21. The predicted molar refractivity (Wildman–Crippen MR) is 106 cm³/mol. The Kier molecular flexibility index (Phi) is 6.17. The van der Waals surface area contributed by atoms with Gasteiger partial charge in [0.25, 0.3) is 0 Å². The van der Waals surface area contributed by atoms with Crippen molar-refractivity contribution in [2.45, 2.75) is 25.8 Å². The SMILES string of the molecule is CN(C)c1nc(Cl)c(CN2CCCC(CO)(Cc3ccccc3F)C2)s1. The molecular formula is C19H25ClFN3OS. The molecule has 1 atom stereocenters. The quantitative estimate of drug-likeness (QED) is 0.804. The monoisotopic (exact) mass is 397 g/mol. The van der Waals surface area contributed by atoms with Gasteiger partial charge in [0, 0.05) is 32.6 Å². The Bertz CT molecular complexity index is 754. The average Bonchev–Trinajstić information content (AvgIpc) is 2.98. The van der Waals surface area contributed by atoms with Crippen LogP contribution in [0.3, 0.4) is 0 Å². The summed E-state index contributed by atoms with van der Waals surface area (Å²) in [5.41, 5.74) is 0.358. The smallest absolute Gasteiger partial charge is 0.186 e. The highest BCUT2D eigenvalue weighted by Crippen LogP contribution is 2.36. The largest absolute Gasteiger partial charge is 0.396 e. The van der Waals surface area contributed by atoms with Crippen LogP contribution in [0.2, 0.25) is 5.15 Å². The lowest BCUT2D eigenvalue weighted by atomic mass is 9.75. The second-order valence-corrected chi connectivity index (χ2v) is 8.77. The number of halogens is 2. The molecule has 0 amide bonds. The number of hydrogen-bond acceptors (Lipinski definition) is 5. The molecule has 0 saturated carbocycles. The summed E-state index contributed by atoms with van der Waals surface area (Å²) in [5.74, 6) is -0.196. The molecule has 1 fully saturated rings. The highest BCUT2D eigenvalue weighted by Gasteiger charge is 2.36. The summed E-state index contributed by atoms with van der Waals surface area (Å²) >= 11 is 7.90. The van der Waals surface area contributed by atoms with E-state index in [-0.39, 0.29) is 17.8 Å². The summed E-state index contributed by atoms with van der Waals surface area (Å²) in [4.78, 5) is 9.69. The first-order chi connectivity index (χ1) is 12.4. The number of anilines is 1. The number of aliphatic hydroxyl groups excluding tert-OH is 1. The Morgan fingerprint density at radius 1 is 1.38 bits per heavy atom. The first kappa shape index (κ1) is 19.5. The van der Waals surface area contributed by atoms with E-state index in [0.29, 0.717) is 23.7 Å². The molecule has 0 spiro atoms. The van der Waals surface area contributed by atoms with Crippen molar-refractivity contribution in [1.82, 2.24) is 9.88 Å². The zero-order valence-corrected chi connectivity index (χ0v) is 16.8. The number of thiazole rings is 1. The molecule has 142 valence electrons. The van der Waals surface area contributed by atoms with Crippen molar-refractivity contribution in [3.05, 3.63) is 45.7 Å². The molecule has 2 heterocycles. The van der Waals surface area contributed by atoms with Crippen molar-refractivity contribution in [3.8, 4) is 0 Å². The third kappa shape index (κ3) is 4.36. The van der Waals surface area contributed by atoms with Gasteiger partial charge in [-0.3, -0.25) is 4.90 Å². The minimum atomic E-state index is -0.317. The highest BCUT2D eigenvalue weighted by atomic mass is 35.5. The molecule has 3 rings (SSSR count). The fourth-order valence-electron chi connectivity index (χ4n) is 3.63. The Balaban J connectivity index is 1.74. The van der Waals surface area contributed by atoms with E-state index in [4.69, 9.17) is 11.6 Å². The molecule has 1 aromatic heterocycles. The van der Waals surface area contributed by atoms with Crippen LogP contribution in [0.25, 0.3) is 0 Å². The van der Waals surface area contributed by atoms with Gasteiger partial charge >= 0.3 is 0 Å².